The zero-order valence-corrected chi connectivity index (χ0v) is 11.6. The zero-order valence-electron chi connectivity index (χ0n) is 11.6. The highest BCUT2D eigenvalue weighted by Crippen LogP contribution is 2.44. The van der Waals surface area contributed by atoms with Crippen molar-refractivity contribution in [3.05, 3.63) is 71.5 Å². The molecule has 3 heterocycles. The van der Waals surface area contributed by atoms with Crippen LogP contribution >= 0.6 is 0 Å². The van der Waals surface area contributed by atoms with E-state index in [-0.39, 0.29) is 11.8 Å². The molecule has 22 heavy (non-hydrogen) atoms. The lowest BCUT2D eigenvalue weighted by molar-refractivity contribution is 0.398. The molecular weight excluding hydrogens is 276 g/mol. The van der Waals surface area contributed by atoms with Gasteiger partial charge in [-0.2, -0.15) is 5.26 Å². The quantitative estimate of drug-likeness (QED) is 0.720. The number of nitrogens with zero attached hydrogens (tertiary/aromatic N) is 2. The van der Waals surface area contributed by atoms with Gasteiger partial charge in [0.05, 0.1) is 5.92 Å². The predicted octanol–water partition coefficient (Wildman–Crippen LogP) is 2.78. The van der Waals surface area contributed by atoms with E-state index in [1.807, 2.05) is 36.5 Å². The topological polar surface area (TPSA) is 87.7 Å². The van der Waals surface area contributed by atoms with Crippen LogP contribution in [0.5, 0.6) is 5.75 Å². The molecule has 2 aromatic heterocycles. The molecule has 106 valence electrons. The van der Waals surface area contributed by atoms with Gasteiger partial charge in [-0.1, -0.05) is 12.1 Å². The second-order valence-corrected chi connectivity index (χ2v) is 5.13. The number of pyridine rings is 1. The highest BCUT2D eigenvalue weighted by atomic mass is 16.5. The second-order valence-electron chi connectivity index (χ2n) is 5.13. The molecule has 0 saturated carbocycles. The Kier molecular flexibility index (Phi) is 2.63. The first-order valence-corrected chi connectivity index (χ1v) is 6.87. The van der Waals surface area contributed by atoms with E-state index in [9.17, 15) is 5.26 Å². The summed E-state index contributed by atoms with van der Waals surface area (Å²) in [5.41, 5.74) is 9.22. The summed E-state index contributed by atoms with van der Waals surface area (Å²) in [6, 6.07) is 11.9. The van der Waals surface area contributed by atoms with E-state index in [4.69, 9.17) is 10.5 Å². The van der Waals surface area contributed by atoms with Crippen molar-refractivity contribution in [1.82, 2.24) is 9.97 Å². The Labute approximate surface area is 126 Å². The van der Waals surface area contributed by atoms with E-state index in [0.29, 0.717) is 11.3 Å². The van der Waals surface area contributed by atoms with Crippen LogP contribution < -0.4 is 10.5 Å². The second kappa shape index (κ2) is 4.64. The molecule has 0 radical (unpaired) electrons. The third-order valence-corrected chi connectivity index (χ3v) is 3.93. The van der Waals surface area contributed by atoms with Crippen molar-refractivity contribution in [2.24, 2.45) is 5.73 Å². The molecule has 3 N–H and O–H groups in total. The lowest BCUT2D eigenvalue weighted by atomic mass is 9.84. The zero-order chi connectivity index (χ0) is 15.1. The number of H-pyrrole nitrogens is 1. The fourth-order valence-corrected chi connectivity index (χ4v) is 2.94. The highest BCUT2D eigenvalue weighted by Gasteiger charge is 2.31. The maximum atomic E-state index is 9.50. The first-order chi connectivity index (χ1) is 10.8. The molecule has 3 aromatic rings. The van der Waals surface area contributed by atoms with Crippen molar-refractivity contribution in [1.29, 1.82) is 5.26 Å². The maximum Gasteiger partial charge on any atom is 0.205 e. The van der Waals surface area contributed by atoms with Crippen molar-refractivity contribution in [2.75, 3.05) is 0 Å². The molecular formula is C17H12N4O. The van der Waals surface area contributed by atoms with Gasteiger partial charge in [-0.15, -0.1) is 0 Å². The van der Waals surface area contributed by atoms with Crippen LogP contribution in [-0.2, 0) is 0 Å². The fourth-order valence-electron chi connectivity index (χ4n) is 2.94. The Balaban J connectivity index is 2.02. The van der Waals surface area contributed by atoms with E-state index in [1.165, 1.54) is 0 Å². The van der Waals surface area contributed by atoms with Crippen LogP contribution in [0.4, 0.5) is 0 Å². The molecule has 1 unspecified atom stereocenters. The first-order valence-electron chi connectivity index (χ1n) is 6.87. The van der Waals surface area contributed by atoms with E-state index < -0.39 is 0 Å². The molecule has 0 amide bonds. The maximum absolute atomic E-state index is 9.50. The summed E-state index contributed by atoms with van der Waals surface area (Å²) >= 11 is 0. The molecule has 5 nitrogen and oxygen atoms in total. The normalized spacial score (nSPS) is 17.0. The molecule has 0 spiro atoms. The summed E-state index contributed by atoms with van der Waals surface area (Å²) in [4.78, 5) is 7.31. The van der Waals surface area contributed by atoms with E-state index >= 15 is 0 Å². The molecule has 4 rings (SSSR count). The van der Waals surface area contributed by atoms with Crippen LogP contribution in [0, 0.1) is 11.3 Å². The number of nitrogens with one attached hydrogen (secondary N) is 1. The van der Waals surface area contributed by atoms with Crippen molar-refractivity contribution in [3.63, 3.8) is 0 Å². The molecule has 1 aliphatic rings. The highest BCUT2D eigenvalue weighted by molar-refractivity contribution is 5.88. The summed E-state index contributed by atoms with van der Waals surface area (Å²) in [5.74, 6) is 0.586. The Morgan fingerprint density at radius 3 is 2.95 bits per heavy atom. The van der Waals surface area contributed by atoms with Gasteiger partial charge in [0.2, 0.25) is 5.88 Å². The standard InChI is InChI=1S/C17H12N4O/c18-8-13-15(10-2-1-6-20-9-10)12-3-4-14-11(5-7-21-14)16(12)22-17(13)19/h1-7,9,15,21H,19H2. The number of benzene rings is 1. The van der Waals surface area contributed by atoms with E-state index in [2.05, 4.69) is 16.0 Å². The number of allylic oxidation sites excluding steroid dienone is 1. The Morgan fingerprint density at radius 2 is 2.18 bits per heavy atom. The largest absolute Gasteiger partial charge is 0.439 e. The molecule has 1 atom stereocenters. The molecule has 0 aliphatic carbocycles. The van der Waals surface area contributed by atoms with Crippen LogP contribution in [0.25, 0.3) is 10.9 Å². The van der Waals surface area contributed by atoms with Gasteiger partial charge in [0.15, 0.2) is 0 Å². The van der Waals surface area contributed by atoms with E-state index in [1.54, 1.807) is 12.4 Å². The molecule has 1 aromatic carbocycles. The number of rotatable bonds is 1. The molecule has 0 fully saturated rings. The number of aromatic nitrogens is 2. The van der Waals surface area contributed by atoms with Gasteiger partial charge < -0.3 is 15.5 Å². The van der Waals surface area contributed by atoms with Gasteiger partial charge in [-0.3, -0.25) is 4.98 Å². The van der Waals surface area contributed by atoms with Crippen LogP contribution in [0.15, 0.2) is 60.4 Å². The number of aromatic amines is 1. The monoisotopic (exact) mass is 288 g/mol. The summed E-state index contributed by atoms with van der Waals surface area (Å²) in [6.07, 6.45) is 5.32. The van der Waals surface area contributed by atoms with Gasteiger partial charge >= 0.3 is 0 Å². The van der Waals surface area contributed by atoms with Gasteiger partial charge in [0.1, 0.15) is 17.4 Å². The minimum Gasteiger partial charge on any atom is -0.439 e. The average Bonchev–Trinajstić information content (AvgIpc) is 3.03. The van der Waals surface area contributed by atoms with Crippen molar-refractivity contribution in [3.8, 4) is 11.8 Å². The van der Waals surface area contributed by atoms with Crippen LogP contribution in [0.3, 0.4) is 0 Å². The van der Waals surface area contributed by atoms with Gasteiger partial charge in [-0.05, 0) is 23.8 Å². The fraction of sp³-hybridized carbons (Fsp3) is 0.0588. The third kappa shape index (κ3) is 1.68. The van der Waals surface area contributed by atoms with Crippen LogP contribution in [0.1, 0.15) is 17.0 Å². The minimum absolute atomic E-state index is 0.151. The van der Waals surface area contributed by atoms with Crippen LogP contribution in [0.2, 0.25) is 0 Å². The molecule has 0 bridgehead atoms. The number of ether oxygens (including phenoxy) is 1. The first kappa shape index (κ1) is 12.5. The van der Waals surface area contributed by atoms with Gasteiger partial charge in [-0.25, -0.2) is 0 Å². The predicted molar refractivity (Wildman–Crippen MR) is 81.8 cm³/mol. The third-order valence-electron chi connectivity index (χ3n) is 3.93. The number of hydrogen-bond donors (Lipinski definition) is 2. The number of fused-ring (bicyclic) bond motifs is 3. The van der Waals surface area contributed by atoms with Crippen LogP contribution in [-0.4, -0.2) is 9.97 Å². The van der Waals surface area contributed by atoms with Crippen molar-refractivity contribution >= 4 is 10.9 Å². The molecule has 5 heteroatoms. The minimum atomic E-state index is -0.262. The molecule has 1 aliphatic heterocycles. The lowest BCUT2D eigenvalue weighted by Crippen LogP contribution is -2.21. The average molecular weight is 288 g/mol. The summed E-state index contributed by atoms with van der Waals surface area (Å²) in [7, 11) is 0. The smallest absolute Gasteiger partial charge is 0.205 e. The number of nitrogens with two attached hydrogens (primary N) is 1. The summed E-state index contributed by atoms with van der Waals surface area (Å²) < 4.78 is 5.75. The summed E-state index contributed by atoms with van der Waals surface area (Å²) in [6.45, 7) is 0. The Bertz CT molecular complexity index is 934. The number of nitriles is 1. The molecule has 0 saturated heterocycles. The van der Waals surface area contributed by atoms with Crippen molar-refractivity contribution < 1.29 is 4.74 Å². The van der Waals surface area contributed by atoms with Gasteiger partial charge in [0, 0.05) is 35.1 Å². The number of hydrogen-bond acceptors (Lipinski definition) is 4. The van der Waals surface area contributed by atoms with E-state index in [0.717, 1.165) is 22.0 Å². The Hall–Kier alpha value is -3.26. The summed E-state index contributed by atoms with van der Waals surface area (Å²) in [5, 5.41) is 10.4. The SMILES string of the molecule is N#CC1=C(N)Oc2c(ccc3[nH]ccc23)C1c1cccnc1. The van der Waals surface area contributed by atoms with Gasteiger partial charge in [0.25, 0.3) is 0 Å². The Morgan fingerprint density at radius 1 is 1.27 bits per heavy atom. The lowest BCUT2D eigenvalue weighted by Gasteiger charge is -2.26. The van der Waals surface area contributed by atoms with Crippen molar-refractivity contribution in [2.45, 2.75) is 5.92 Å².